The number of anilines is 1. The van der Waals surface area contributed by atoms with Crippen molar-refractivity contribution >= 4 is 33.9 Å². The number of nitrogens with zero attached hydrogens (tertiary/aromatic N) is 1. The Kier molecular flexibility index (Phi) is 4.68. The van der Waals surface area contributed by atoms with Crippen LogP contribution in [0.5, 0.6) is 0 Å². The van der Waals surface area contributed by atoms with Crippen molar-refractivity contribution in [2.24, 2.45) is 0 Å². The predicted octanol–water partition coefficient (Wildman–Crippen LogP) is 3.93. The highest BCUT2D eigenvalue weighted by Gasteiger charge is 2.30. The monoisotopic (exact) mass is 383 g/mol. The lowest BCUT2D eigenvalue weighted by Crippen LogP contribution is -2.11. The molecule has 2 N–H and O–H groups in total. The summed E-state index contributed by atoms with van der Waals surface area (Å²) in [6.45, 7) is 0. The fourth-order valence-electron chi connectivity index (χ4n) is 2.23. The van der Waals surface area contributed by atoms with Crippen LogP contribution in [0.3, 0.4) is 0 Å². The van der Waals surface area contributed by atoms with Gasteiger partial charge in [0, 0.05) is 9.79 Å². The Hall–Kier alpha value is -2.88. The number of aromatic nitrogens is 2. The second-order valence-corrected chi connectivity index (χ2v) is 6.66. The van der Waals surface area contributed by atoms with Crippen LogP contribution in [0, 0.1) is 0 Å². The highest BCUT2D eigenvalue weighted by Crippen LogP contribution is 2.31. The first-order chi connectivity index (χ1) is 12.3. The molecule has 0 radical (unpaired) electrons. The number of carbonyl (C=O) groups excluding carboxylic acids is 1. The molecular weight excluding hydrogens is 371 g/mol. The first kappa shape index (κ1) is 17.9. The molecule has 2 aromatic carbocycles. The van der Waals surface area contributed by atoms with Crippen molar-refractivity contribution in [3.8, 4) is 0 Å². The fraction of sp³-hybridized carbons (Fsp3) is 0.125. The van der Waals surface area contributed by atoms with Crippen molar-refractivity contribution in [2.45, 2.75) is 16.0 Å². The zero-order chi connectivity index (χ0) is 18.9. The maximum atomic E-state index is 12.8. The summed E-state index contributed by atoms with van der Waals surface area (Å²) in [4.78, 5) is 18.4. The van der Waals surface area contributed by atoms with Crippen molar-refractivity contribution in [2.75, 3.05) is 12.4 Å². The van der Waals surface area contributed by atoms with Crippen molar-refractivity contribution in [3.05, 3.63) is 48.0 Å². The van der Waals surface area contributed by atoms with Gasteiger partial charge >= 0.3 is 12.3 Å². The molecule has 1 atom stereocenters. The van der Waals surface area contributed by atoms with Crippen LogP contribution in [0.15, 0.2) is 52.3 Å². The molecule has 1 amide bonds. The van der Waals surface area contributed by atoms with Crippen molar-refractivity contribution in [1.82, 2.24) is 9.97 Å². The van der Waals surface area contributed by atoms with Crippen molar-refractivity contribution < 1.29 is 26.9 Å². The molecule has 1 unspecified atom stereocenters. The van der Waals surface area contributed by atoms with E-state index in [4.69, 9.17) is 0 Å². The first-order valence-corrected chi connectivity index (χ1v) is 8.36. The summed E-state index contributed by atoms with van der Waals surface area (Å²) in [5.41, 5.74) is 0.0888. The predicted molar refractivity (Wildman–Crippen MR) is 88.2 cm³/mol. The number of benzene rings is 2. The van der Waals surface area contributed by atoms with Crippen LogP contribution in [0.1, 0.15) is 5.56 Å². The Morgan fingerprint density at radius 1 is 1.19 bits per heavy atom. The van der Waals surface area contributed by atoms with E-state index in [0.717, 1.165) is 12.1 Å². The number of amides is 1. The largest absolute Gasteiger partial charge is 0.453 e. The molecular formula is C16H12F3N3O3S. The third kappa shape index (κ3) is 3.69. The molecule has 0 saturated heterocycles. The van der Waals surface area contributed by atoms with E-state index in [1.54, 1.807) is 6.07 Å². The number of nitrogens with one attached hydrogen (secondary N) is 2. The minimum atomic E-state index is -4.51. The summed E-state index contributed by atoms with van der Waals surface area (Å²) in [5.74, 6) is 0.133. The highest BCUT2D eigenvalue weighted by atomic mass is 32.2. The zero-order valence-electron chi connectivity index (χ0n) is 13.3. The molecule has 136 valence electrons. The number of hydrogen-bond acceptors (Lipinski definition) is 4. The number of aromatic amines is 1. The number of H-pyrrole nitrogens is 1. The first-order valence-electron chi connectivity index (χ1n) is 7.21. The lowest BCUT2D eigenvalue weighted by atomic mass is 10.2. The van der Waals surface area contributed by atoms with Gasteiger partial charge in [-0.3, -0.25) is 5.32 Å². The van der Waals surface area contributed by atoms with Crippen LogP contribution in [0.2, 0.25) is 0 Å². The second-order valence-electron chi connectivity index (χ2n) is 5.18. The molecule has 0 saturated carbocycles. The van der Waals surface area contributed by atoms with Gasteiger partial charge in [0.15, 0.2) is 0 Å². The summed E-state index contributed by atoms with van der Waals surface area (Å²) in [5, 5.41) is 2.36. The Balaban J connectivity index is 1.92. The Labute approximate surface area is 147 Å². The van der Waals surface area contributed by atoms with Gasteiger partial charge < -0.3 is 9.72 Å². The third-order valence-electron chi connectivity index (χ3n) is 3.45. The van der Waals surface area contributed by atoms with E-state index in [1.807, 2.05) is 0 Å². The minimum absolute atomic E-state index is 0.0339. The zero-order valence-corrected chi connectivity index (χ0v) is 14.1. The molecule has 6 nitrogen and oxygen atoms in total. The molecule has 0 bridgehead atoms. The standard InChI is InChI=1S/C16H12F3N3O3S/c1-25-15(23)22-14-20-12-6-5-11(8-13(12)21-14)26(24)10-4-2-3-9(7-10)16(17,18)19/h2-8H,1H3,(H2,20,21,22,23). The van der Waals surface area contributed by atoms with Gasteiger partial charge in [-0.25, -0.2) is 14.0 Å². The van der Waals surface area contributed by atoms with Gasteiger partial charge in [-0.15, -0.1) is 0 Å². The molecule has 26 heavy (non-hydrogen) atoms. The lowest BCUT2D eigenvalue weighted by Gasteiger charge is -2.08. The van der Waals surface area contributed by atoms with Gasteiger partial charge in [-0.2, -0.15) is 13.2 Å². The molecule has 0 aliphatic rings. The van der Waals surface area contributed by atoms with Crippen LogP contribution >= 0.6 is 0 Å². The minimum Gasteiger partial charge on any atom is -0.453 e. The number of fused-ring (bicyclic) bond motifs is 1. The maximum Gasteiger partial charge on any atom is 0.416 e. The number of hydrogen-bond donors (Lipinski definition) is 2. The van der Waals surface area contributed by atoms with Crippen molar-refractivity contribution in [1.29, 1.82) is 0 Å². The molecule has 0 spiro atoms. The van der Waals surface area contributed by atoms with Gasteiger partial charge in [-0.05, 0) is 36.4 Å². The Bertz CT molecular complexity index is 1000. The summed E-state index contributed by atoms with van der Waals surface area (Å²) < 4.78 is 55.5. The van der Waals surface area contributed by atoms with Gasteiger partial charge in [0.1, 0.15) is 0 Å². The van der Waals surface area contributed by atoms with Gasteiger partial charge in [0.25, 0.3) is 0 Å². The van der Waals surface area contributed by atoms with E-state index in [-0.39, 0.29) is 10.8 Å². The summed E-state index contributed by atoms with van der Waals surface area (Å²) in [6.07, 6.45) is -5.22. The van der Waals surface area contributed by atoms with Crippen molar-refractivity contribution in [3.63, 3.8) is 0 Å². The van der Waals surface area contributed by atoms with E-state index < -0.39 is 28.6 Å². The van der Waals surface area contributed by atoms with Crippen LogP contribution < -0.4 is 5.32 Å². The number of ether oxygens (including phenoxy) is 1. The number of rotatable bonds is 3. The van der Waals surface area contributed by atoms with E-state index >= 15 is 0 Å². The Morgan fingerprint density at radius 2 is 1.92 bits per heavy atom. The molecule has 1 aromatic heterocycles. The summed E-state index contributed by atoms with van der Waals surface area (Å²) in [6, 6.07) is 8.91. The van der Waals surface area contributed by atoms with Crippen LogP contribution in [0.4, 0.5) is 23.9 Å². The maximum absolute atomic E-state index is 12.8. The second kappa shape index (κ2) is 6.79. The molecule has 3 rings (SSSR count). The van der Waals surface area contributed by atoms with Gasteiger partial charge in [0.2, 0.25) is 5.95 Å². The molecule has 10 heteroatoms. The fourth-order valence-corrected chi connectivity index (χ4v) is 3.36. The number of imidazole rings is 1. The average molecular weight is 383 g/mol. The van der Waals surface area contributed by atoms with Crippen LogP contribution in [0.25, 0.3) is 11.0 Å². The normalized spacial score (nSPS) is 12.8. The summed E-state index contributed by atoms with van der Waals surface area (Å²) >= 11 is 0. The quantitative estimate of drug-likeness (QED) is 0.718. The molecule has 0 aliphatic carbocycles. The third-order valence-corrected chi connectivity index (χ3v) is 4.81. The van der Waals surface area contributed by atoms with Gasteiger partial charge in [0.05, 0.1) is 34.5 Å². The van der Waals surface area contributed by atoms with E-state index in [1.165, 1.54) is 31.4 Å². The van der Waals surface area contributed by atoms with E-state index in [2.05, 4.69) is 20.0 Å². The van der Waals surface area contributed by atoms with E-state index in [0.29, 0.717) is 15.9 Å². The number of methoxy groups -OCH3 is 1. The molecule has 0 aliphatic heterocycles. The smallest absolute Gasteiger partial charge is 0.416 e. The lowest BCUT2D eigenvalue weighted by molar-refractivity contribution is -0.137. The van der Waals surface area contributed by atoms with Gasteiger partial charge in [-0.1, -0.05) is 6.07 Å². The topological polar surface area (TPSA) is 84.1 Å². The molecule has 1 heterocycles. The molecule has 0 fully saturated rings. The SMILES string of the molecule is COC(=O)Nc1nc2ccc(S(=O)c3cccc(C(F)(F)F)c3)cc2[nH]1. The number of carbonyl (C=O) groups is 1. The van der Waals surface area contributed by atoms with E-state index in [9.17, 15) is 22.2 Å². The Morgan fingerprint density at radius 3 is 2.62 bits per heavy atom. The average Bonchev–Trinajstić information content (AvgIpc) is 3.01. The number of alkyl halides is 3. The van der Waals surface area contributed by atoms with Crippen LogP contribution in [-0.2, 0) is 21.7 Å². The molecule has 3 aromatic rings. The highest BCUT2D eigenvalue weighted by molar-refractivity contribution is 7.85. The van der Waals surface area contributed by atoms with Crippen LogP contribution in [-0.4, -0.2) is 27.4 Å². The number of halogens is 3. The summed E-state index contributed by atoms with van der Waals surface area (Å²) in [7, 11) is -0.608.